The van der Waals surface area contributed by atoms with Crippen LogP contribution in [0.5, 0.6) is 11.5 Å². The quantitative estimate of drug-likeness (QED) is 0.801. The molecule has 0 spiro atoms. The number of aliphatic hydroxyl groups is 1. The van der Waals surface area contributed by atoms with Crippen LogP contribution in [0.4, 0.5) is 0 Å². The van der Waals surface area contributed by atoms with Crippen LogP contribution in [-0.2, 0) is 11.3 Å². The first-order valence-corrected chi connectivity index (χ1v) is 6.71. The summed E-state index contributed by atoms with van der Waals surface area (Å²) < 4.78 is 16.0. The minimum atomic E-state index is -0.813. The molecular formula is C14H22N2O4. The SMILES string of the molecule is COc1ccnc(CNCC2(O)CCOC2C)c1OC. The van der Waals surface area contributed by atoms with Crippen LogP contribution in [0.3, 0.4) is 0 Å². The molecule has 0 bridgehead atoms. The zero-order chi connectivity index (χ0) is 14.6. The van der Waals surface area contributed by atoms with Crippen LogP contribution in [0.15, 0.2) is 12.3 Å². The molecule has 112 valence electrons. The van der Waals surface area contributed by atoms with Gasteiger partial charge < -0.3 is 24.6 Å². The summed E-state index contributed by atoms with van der Waals surface area (Å²) >= 11 is 0. The van der Waals surface area contributed by atoms with E-state index in [0.29, 0.717) is 37.6 Å². The molecule has 2 rings (SSSR count). The van der Waals surface area contributed by atoms with Gasteiger partial charge in [-0.2, -0.15) is 0 Å². The average Bonchev–Trinajstić information content (AvgIpc) is 2.78. The van der Waals surface area contributed by atoms with E-state index in [-0.39, 0.29) is 6.10 Å². The van der Waals surface area contributed by atoms with Crippen molar-refractivity contribution in [2.24, 2.45) is 0 Å². The van der Waals surface area contributed by atoms with Crippen LogP contribution in [0.25, 0.3) is 0 Å². The van der Waals surface area contributed by atoms with E-state index in [4.69, 9.17) is 14.2 Å². The van der Waals surface area contributed by atoms with Crippen molar-refractivity contribution in [1.82, 2.24) is 10.3 Å². The third-order valence-electron chi connectivity index (χ3n) is 3.75. The Morgan fingerprint density at radius 2 is 2.30 bits per heavy atom. The zero-order valence-corrected chi connectivity index (χ0v) is 12.2. The standard InChI is InChI=1S/C14H22N2O4/c1-10-14(17,5-7-20-10)9-15-8-11-13(19-3)12(18-2)4-6-16-11/h4,6,10,15,17H,5,7-9H2,1-3H3. The fourth-order valence-electron chi connectivity index (χ4n) is 2.38. The second-order valence-corrected chi connectivity index (χ2v) is 4.96. The highest BCUT2D eigenvalue weighted by Crippen LogP contribution is 2.29. The highest BCUT2D eigenvalue weighted by molar-refractivity contribution is 5.42. The van der Waals surface area contributed by atoms with Gasteiger partial charge in [-0.15, -0.1) is 0 Å². The summed E-state index contributed by atoms with van der Waals surface area (Å²) in [4.78, 5) is 4.28. The van der Waals surface area contributed by atoms with Crippen molar-refractivity contribution in [2.75, 3.05) is 27.4 Å². The number of nitrogens with one attached hydrogen (secondary N) is 1. The van der Waals surface area contributed by atoms with Gasteiger partial charge in [0.2, 0.25) is 0 Å². The molecule has 2 N–H and O–H groups in total. The van der Waals surface area contributed by atoms with Gasteiger partial charge >= 0.3 is 0 Å². The molecule has 2 atom stereocenters. The molecule has 20 heavy (non-hydrogen) atoms. The van der Waals surface area contributed by atoms with E-state index in [2.05, 4.69) is 10.3 Å². The number of aromatic nitrogens is 1. The number of hydrogen-bond donors (Lipinski definition) is 2. The second-order valence-electron chi connectivity index (χ2n) is 4.96. The Hall–Kier alpha value is -1.37. The highest BCUT2D eigenvalue weighted by atomic mass is 16.5. The van der Waals surface area contributed by atoms with Crippen LogP contribution < -0.4 is 14.8 Å². The molecule has 2 unspecified atom stereocenters. The Morgan fingerprint density at radius 1 is 1.50 bits per heavy atom. The first-order chi connectivity index (χ1) is 9.60. The van der Waals surface area contributed by atoms with Crippen LogP contribution in [-0.4, -0.2) is 49.2 Å². The van der Waals surface area contributed by atoms with Crippen LogP contribution >= 0.6 is 0 Å². The fourth-order valence-corrected chi connectivity index (χ4v) is 2.38. The molecule has 1 aromatic rings. The topological polar surface area (TPSA) is 72.8 Å². The summed E-state index contributed by atoms with van der Waals surface area (Å²) in [6.45, 7) is 3.44. The van der Waals surface area contributed by atoms with E-state index in [9.17, 15) is 5.11 Å². The van der Waals surface area contributed by atoms with Crippen molar-refractivity contribution in [3.05, 3.63) is 18.0 Å². The van der Waals surface area contributed by atoms with Crippen molar-refractivity contribution < 1.29 is 19.3 Å². The molecule has 6 heteroatoms. The summed E-state index contributed by atoms with van der Waals surface area (Å²) in [6.07, 6.45) is 2.16. The van der Waals surface area contributed by atoms with Gasteiger partial charge in [0.1, 0.15) is 5.60 Å². The molecule has 6 nitrogen and oxygen atoms in total. The number of ether oxygens (including phenoxy) is 3. The molecule has 0 radical (unpaired) electrons. The van der Waals surface area contributed by atoms with Gasteiger partial charge in [-0.05, 0) is 6.92 Å². The lowest BCUT2D eigenvalue weighted by Gasteiger charge is -2.26. The summed E-state index contributed by atoms with van der Waals surface area (Å²) in [6, 6.07) is 1.75. The second kappa shape index (κ2) is 6.39. The monoisotopic (exact) mass is 282 g/mol. The number of pyridine rings is 1. The van der Waals surface area contributed by atoms with Gasteiger partial charge in [-0.1, -0.05) is 0 Å². The predicted octanol–water partition coefficient (Wildman–Crippen LogP) is 0.728. The van der Waals surface area contributed by atoms with Gasteiger partial charge in [0.25, 0.3) is 0 Å². The van der Waals surface area contributed by atoms with E-state index in [1.54, 1.807) is 26.5 Å². The van der Waals surface area contributed by atoms with E-state index < -0.39 is 5.60 Å². The molecule has 1 aromatic heterocycles. The molecule has 1 aliphatic heterocycles. The first kappa shape index (κ1) is 15.0. The van der Waals surface area contributed by atoms with Crippen molar-refractivity contribution in [1.29, 1.82) is 0 Å². The van der Waals surface area contributed by atoms with Crippen LogP contribution in [0, 0.1) is 0 Å². The van der Waals surface area contributed by atoms with Crippen LogP contribution in [0.2, 0.25) is 0 Å². The van der Waals surface area contributed by atoms with Gasteiger partial charge in [0, 0.05) is 38.4 Å². The Bertz CT molecular complexity index is 455. The lowest BCUT2D eigenvalue weighted by molar-refractivity contribution is -0.0263. The molecule has 1 fully saturated rings. The Morgan fingerprint density at radius 3 is 2.90 bits per heavy atom. The lowest BCUT2D eigenvalue weighted by atomic mass is 9.97. The summed E-state index contributed by atoms with van der Waals surface area (Å²) in [5.41, 5.74) is -0.0615. The fraction of sp³-hybridized carbons (Fsp3) is 0.643. The maximum Gasteiger partial charge on any atom is 0.183 e. The minimum Gasteiger partial charge on any atom is -0.493 e. The smallest absolute Gasteiger partial charge is 0.183 e. The zero-order valence-electron chi connectivity index (χ0n) is 12.2. The molecule has 0 amide bonds. The van der Waals surface area contributed by atoms with Gasteiger partial charge in [0.05, 0.1) is 26.0 Å². The summed E-state index contributed by atoms with van der Waals surface area (Å²) in [5, 5.41) is 13.6. The van der Waals surface area contributed by atoms with E-state index in [1.165, 1.54) is 0 Å². The van der Waals surface area contributed by atoms with E-state index >= 15 is 0 Å². The lowest BCUT2D eigenvalue weighted by Crippen LogP contribution is -2.45. The maximum atomic E-state index is 10.4. The Balaban J connectivity index is 1.97. The molecule has 0 aromatic carbocycles. The average molecular weight is 282 g/mol. The van der Waals surface area contributed by atoms with Crippen molar-refractivity contribution >= 4 is 0 Å². The Kier molecular flexibility index (Phi) is 4.80. The predicted molar refractivity (Wildman–Crippen MR) is 74.0 cm³/mol. The third kappa shape index (κ3) is 3.03. The summed E-state index contributed by atoms with van der Waals surface area (Å²) in [7, 11) is 3.18. The van der Waals surface area contributed by atoms with Gasteiger partial charge in [0.15, 0.2) is 11.5 Å². The summed E-state index contributed by atoms with van der Waals surface area (Å²) in [5.74, 6) is 1.26. The van der Waals surface area contributed by atoms with E-state index in [0.717, 1.165) is 5.69 Å². The van der Waals surface area contributed by atoms with Gasteiger partial charge in [-0.25, -0.2) is 0 Å². The molecular weight excluding hydrogens is 260 g/mol. The number of nitrogens with zero attached hydrogens (tertiary/aromatic N) is 1. The number of hydrogen-bond acceptors (Lipinski definition) is 6. The molecule has 1 saturated heterocycles. The molecule has 1 aliphatic rings. The minimum absolute atomic E-state index is 0.157. The van der Waals surface area contributed by atoms with E-state index in [1.807, 2.05) is 6.92 Å². The van der Waals surface area contributed by atoms with Crippen molar-refractivity contribution in [3.8, 4) is 11.5 Å². The van der Waals surface area contributed by atoms with Crippen molar-refractivity contribution in [2.45, 2.75) is 31.6 Å². The normalized spacial score (nSPS) is 25.7. The number of methoxy groups -OCH3 is 2. The first-order valence-electron chi connectivity index (χ1n) is 6.71. The van der Waals surface area contributed by atoms with Crippen LogP contribution in [0.1, 0.15) is 19.0 Å². The molecule has 0 aliphatic carbocycles. The largest absolute Gasteiger partial charge is 0.493 e. The van der Waals surface area contributed by atoms with Crippen molar-refractivity contribution in [3.63, 3.8) is 0 Å². The Labute approximate surface area is 119 Å². The maximum absolute atomic E-state index is 10.4. The van der Waals surface area contributed by atoms with Gasteiger partial charge in [-0.3, -0.25) is 4.98 Å². The third-order valence-corrected chi connectivity index (χ3v) is 3.75. The highest BCUT2D eigenvalue weighted by Gasteiger charge is 2.39. The number of rotatable bonds is 6. The molecule has 0 saturated carbocycles. The molecule has 2 heterocycles.